The van der Waals surface area contributed by atoms with Crippen LogP contribution in [-0.2, 0) is 0 Å². The van der Waals surface area contributed by atoms with Crippen molar-refractivity contribution in [3.63, 3.8) is 0 Å². The first-order valence-electron chi connectivity index (χ1n) is 6.62. The quantitative estimate of drug-likeness (QED) is 0.835. The summed E-state index contributed by atoms with van der Waals surface area (Å²) in [6, 6.07) is 2.79. The van der Waals surface area contributed by atoms with Crippen LogP contribution in [0.5, 0.6) is 0 Å². The molecule has 19 heavy (non-hydrogen) atoms. The van der Waals surface area contributed by atoms with Crippen LogP contribution in [0, 0.1) is 0 Å². The average Bonchev–Trinajstić information content (AvgIpc) is 2.39. The molecule has 2 N–H and O–H groups in total. The van der Waals surface area contributed by atoms with Crippen molar-refractivity contribution in [2.24, 2.45) is 0 Å². The van der Waals surface area contributed by atoms with Crippen molar-refractivity contribution in [2.75, 3.05) is 6.54 Å². The maximum Gasteiger partial charge on any atom is 0.274 e. The van der Waals surface area contributed by atoms with Gasteiger partial charge in [0.25, 0.3) is 11.5 Å². The zero-order valence-corrected chi connectivity index (χ0v) is 11.0. The van der Waals surface area contributed by atoms with Crippen LogP contribution in [0.25, 0.3) is 0 Å². The number of carbonyl (C=O) groups is 1. The van der Waals surface area contributed by atoms with Gasteiger partial charge in [0.05, 0.1) is 6.10 Å². The fourth-order valence-corrected chi connectivity index (χ4v) is 2.52. The van der Waals surface area contributed by atoms with Crippen molar-refractivity contribution in [2.45, 2.75) is 44.8 Å². The molecule has 6 heteroatoms. The normalized spacial score (nSPS) is 21.2. The van der Waals surface area contributed by atoms with Gasteiger partial charge in [0, 0.05) is 18.7 Å². The van der Waals surface area contributed by atoms with Crippen molar-refractivity contribution in [1.82, 2.24) is 15.1 Å². The number of aliphatic hydroxyl groups is 1. The van der Waals surface area contributed by atoms with Gasteiger partial charge in [0.1, 0.15) is 5.69 Å². The Bertz CT molecular complexity index is 478. The number of aliphatic hydroxyl groups excluding tert-OH is 1. The molecule has 0 aromatic carbocycles. The molecule has 1 aromatic heterocycles. The number of likely N-dealkylation sites (tertiary alicyclic amines) is 1. The summed E-state index contributed by atoms with van der Waals surface area (Å²) >= 11 is 0. The van der Waals surface area contributed by atoms with Gasteiger partial charge in [-0.05, 0) is 38.7 Å². The third-order valence-corrected chi connectivity index (χ3v) is 3.40. The van der Waals surface area contributed by atoms with E-state index >= 15 is 0 Å². The van der Waals surface area contributed by atoms with Gasteiger partial charge in [-0.25, -0.2) is 5.10 Å². The lowest BCUT2D eigenvalue weighted by Crippen LogP contribution is -2.45. The lowest BCUT2D eigenvalue weighted by Gasteiger charge is -2.36. The van der Waals surface area contributed by atoms with E-state index in [0.717, 1.165) is 19.3 Å². The summed E-state index contributed by atoms with van der Waals surface area (Å²) in [6.45, 7) is 2.41. The number of rotatable bonds is 3. The first kappa shape index (κ1) is 13.7. The maximum atomic E-state index is 12.4. The number of H-pyrrole nitrogens is 1. The Kier molecular flexibility index (Phi) is 4.31. The topological polar surface area (TPSA) is 86.3 Å². The van der Waals surface area contributed by atoms with E-state index in [1.54, 1.807) is 11.8 Å². The Morgan fingerprint density at radius 3 is 3.00 bits per heavy atom. The molecule has 2 atom stereocenters. The molecular weight excluding hydrogens is 246 g/mol. The standard InChI is InChI=1S/C13H19N3O3/c1-9(17)8-10-4-2-3-7-16(10)13(19)11-5-6-12(18)15-14-11/h5-6,9-10,17H,2-4,7-8H2,1H3,(H,15,18). The first-order chi connectivity index (χ1) is 9.08. The van der Waals surface area contributed by atoms with E-state index in [1.165, 1.54) is 12.1 Å². The summed E-state index contributed by atoms with van der Waals surface area (Å²) in [5.74, 6) is -0.179. The van der Waals surface area contributed by atoms with Crippen molar-refractivity contribution in [3.05, 3.63) is 28.2 Å². The molecule has 1 aliphatic rings. The van der Waals surface area contributed by atoms with Crippen LogP contribution in [0.3, 0.4) is 0 Å². The number of carbonyl (C=O) groups excluding carboxylic acids is 1. The van der Waals surface area contributed by atoms with Crippen LogP contribution >= 0.6 is 0 Å². The second-order valence-electron chi connectivity index (χ2n) is 5.04. The maximum absolute atomic E-state index is 12.4. The number of hydrogen-bond acceptors (Lipinski definition) is 4. The molecule has 0 saturated carbocycles. The zero-order chi connectivity index (χ0) is 13.8. The highest BCUT2D eigenvalue weighted by molar-refractivity contribution is 5.92. The number of aromatic amines is 1. The van der Waals surface area contributed by atoms with Gasteiger partial charge in [-0.1, -0.05) is 0 Å². The van der Waals surface area contributed by atoms with Crippen LogP contribution < -0.4 is 5.56 Å². The molecule has 6 nitrogen and oxygen atoms in total. The zero-order valence-electron chi connectivity index (χ0n) is 11.0. The van der Waals surface area contributed by atoms with Gasteiger partial charge >= 0.3 is 0 Å². The molecule has 1 fully saturated rings. The first-order valence-corrected chi connectivity index (χ1v) is 6.62. The Hall–Kier alpha value is -1.69. The number of amides is 1. The van der Waals surface area contributed by atoms with Crippen LogP contribution in [0.4, 0.5) is 0 Å². The van der Waals surface area contributed by atoms with Gasteiger partial charge in [-0.3, -0.25) is 9.59 Å². The minimum atomic E-state index is -0.429. The van der Waals surface area contributed by atoms with Crippen LogP contribution in [0.1, 0.15) is 43.1 Å². The SMILES string of the molecule is CC(O)CC1CCCCN1C(=O)c1ccc(=O)[nH]n1. The summed E-state index contributed by atoms with van der Waals surface area (Å²) in [5.41, 5.74) is -0.0761. The van der Waals surface area contributed by atoms with Crippen molar-refractivity contribution >= 4 is 5.91 Å². The lowest BCUT2D eigenvalue weighted by atomic mass is 9.97. The summed E-state index contributed by atoms with van der Waals surface area (Å²) < 4.78 is 0. The molecule has 1 aliphatic heterocycles. The predicted octanol–water partition coefficient (Wildman–Crippen LogP) is 0.535. The molecule has 2 unspecified atom stereocenters. The highest BCUT2D eigenvalue weighted by Gasteiger charge is 2.28. The van der Waals surface area contributed by atoms with E-state index in [-0.39, 0.29) is 23.2 Å². The Morgan fingerprint density at radius 2 is 2.37 bits per heavy atom. The van der Waals surface area contributed by atoms with Crippen LogP contribution in [0.2, 0.25) is 0 Å². The molecule has 2 rings (SSSR count). The molecule has 0 aliphatic carbocycles. The van der Waals surface area contributed by atoms with Gasteiger partial charge in [-0.15, -0.1) is 0 Å². The molecule has 1 amide bonds. The second kappa shape index (κ2) is 5.97. The number of aromatic nitrogens is 2. The molecular formula is C13H19N3O3. The number of piperidine rings is 1. The lowest BCUT2D eigenvalue weighted by molar-refractivity contribution is 0.0508. The van der Waals surface area contributed by atoms with Crippen molar-refractivity contribution in [1.29, 1.82) is 0 Å². The number of nitrogens with one attached hydrogen (secondary N) is 1. The van der Waals surface area contributed by atoms with E-state index in [2.05, 4.69) is 10.2 Å². The van der Waals surface area contributed by atoms with Crippen molar-refractivity contribution in [3.8, 4) is 0 Å². The van der Waals surface area contributed by atoms with E-state index in [4.69, 9.17) is 0 Å². The van der Waals surface area contributed by atoms with Gasteiger partial charge < -0.3 is 10.0 Å². The third-order valence-electron chi connectivity index (χ3n) is 3.40. The Balaban J connectivity index is 2.15. The van der Waals surface area contributed by atoms with E-state index in [0.29, 0.717) is 13.0 Å². The highest BCUT2D eigenvalue weighted by atomic mass is 16.3. The van der Waals surface area contributed by atoms with Gasteiger partial charge in [0.2, 0.25) is 0 Å². The van der Waals surface area contributed by atoms with Crippen molar-refractivity contribution < 1.29 is 9.90 Å². The summed E-state index contributed by atoms with van der Waals surface area (Å²) in [7, 11) is 0. The molecule has 0 spiro atoms. The molecule has 1 saturated heterocycles. The van der Waals surface area contributed by atoms with Crippen LogP contribution in [0.15, 0.2) is 16.9 Å². The minimum Gasteiger partial charge on any atom is -0.393 e. The third kappa shape index (κ3) is 3.41. The fourth-order valence-electron chi connectivity index (χ4n) is 2.52. The average molecular weight is 265 g/mol. The van der Waals surface area contributed by atoms with E-state index < -0.39 is 6.10 Å². The smallest absolute Gasteiger partial charge is 0.274 e. The highest BCUT2D eigenvalue weighted by Crippen LogP contribution is 2.22. The van der Waals surface area contributed by atoms with Gasteiger partial charge in [0.15, 0.2) is 0 Å². The fraction of sp³-hybridized carbons (Fsp3) is 0.615. The Morgan fingerprint density at radius 1 is 1.58 bits per heavy atom. The monoisotopic (exact) mass is 265 g/mol. The second-order valence-corrected chi connectivity index (χ2v) is 5.04. The molecule has 0 bridgehead atoms. The molecule has 0 radical (unpaired) electrons. The molecule has 104 valence electrons. The molecule has 1 aromatic rings. The van der Waals surface area contributed by atoms with Gasteiger partial charge in [-0.2, -0.15) is 5.10 Å². The van der Waals surface area contributed by atoms with Crippen LogP contribution in [-0.4, -0.2) is 44.8 Å². The molecule has 2 heterocycles. The largest absolute Gasteiger partial charge is 0.393 e. The van der Waals surface area contributed by atoms with E-state index in [1.807, 2.05) is 0 Å². The van der Waals surface area contributed by atoms with E-state index in [9.17, 15) is 14.7 Å². The summed E-state index contributed by atoms with van der Waals surface area (Å²) in [5, 5.41) is 15.6. The summed E-state index contributed by atoms with van der Waals surface area (Å²) in [4.78, 5) is 25.1. The minimum absolute atomic E-state index is 0.0509. The summed E-state index contributed by atoms with van der Waals surface area (Å²) in [6.07, 6.45) is 3.09. The predicted molar refractivity (Wildman–Crippen MR) is 69.8 cm³/mol. The number of hydrogen-bond donors (Lipinski definition) is 2. The number of nitrogens with zero attached hydrogens (tertiary/aromatic N) is 2. The Labute approximate surface area is 111 Å².